The number of para-hydroxylation sites is 3. The zero-order valence-corrected chi connectivity index (χ0v) is 58.7. The van der Waals surface area contributed by atoms with E-state index in [2.05, 4.69) is 200 Å². The molecule has 0 amide bonds. The molecule has 9 rings (SSSR count). The first-order valence-corrected chi connectivity index (χ1v) is 33.4. The van der Waals surface area contributed by atoms with E-state index in [4.69, 9.17) is 14.2 Å². The van der Waals surface area contributed by atoms with E-state index in [1.54, 1.807) is 33.1 Å². The first kappa shape index (κ1) is 80.7. The number of halogens is 4. The molecule has 2 heterocycles. The molecule has 0 N–H and O–H groups in total. The van der Waals surface area contributed by atoms with Crippen LogP contribution in [0, 0.1) is 19.7 Å². The van der Waals surface area contributed by atoms with Crippen LogP contribution in [-0.4, -0.2) is 26.6 Å². The molecule has 7 aromatic carbocycles. The van der Waals surface area contributed by atoms with Crippen molar-refractivity contribution in [3.63, 3.8) is 0 Å². The van der Waals surface area contributed by atoms with Crippen molar-refractivity contribution in [2.24, 2.45) is 0 Å². The van der Waals surface area contributed by atoms with E-state index >= 15 is 0 Å². The SMILES string of the molecule is C.CC(C)c1cccc2c1OCC2.CC(C)c1ccccc1C(F)(F)F.CC(C)c1ccccc1F.CCOc1ccccc1C(C)C.COc1ccccc1C(C)C.CSc1ccccc1C(C)C.Cc1ccccc1C(C)C.Cc1ccsc1C(C)C. The van der Waals surface area contributed by atoms with Crippen LogP contribution in [0.2, 0.25) is 0 Å². The summed E-state index contributed by atoms with van der Waals surface area (Å²) in [5.41, 5.74) is 11.7. The molecule has 0 unspecified atom stereocenters. The average molecular weight is 1260 g/mol. The Labute approximate surface area is 546 Å². The van der Waals surface area contributed by atoms with Crippen LogP contribution in [0.25, 0.3) is 0 Å². The topological polar surface area (TPSA) is 27.7 Å². The summed E-state index contributed by atoms with van der Waals surface area (Å²) in [6.45, 7) is 41.9. The summed E-state index contributed by atoms with van der Waals surface area (Å²) >= 11 is 3.68. The Bertz CT molecular complexity index is 3070. The van der Waals surface area contributed by atoms with Crippen LogP contribution >= 0.6 is 23.1 Å². The van der Waals surface area contributed by atoms with Gasteiger partial charge in [0.25, 0.3) is 0 Å². The van der Waals surface area contributed by atoms with Crippen molar-refractivity contribution in [2.45, 2.75) is 204 Å². The van der Waals surface area contributed by atoms with E-state index in [-0.39, 0.29) is 25.1 Å². The number of thiophene rings is 1. The lowest BCUT2D eigenvalue weighted by molar-refractivity contribution is -0.138. The quantitative estimate of drug-likeness (QED) is 0.0900. The minimum absolute atomic E-state index is 0. The second kappa shape index (κ2) is 42.7. The molecule has 0 saturated heterocycles. The van der Waals surface area contributed by atoms with Gasteiger partial charge in [0.15, 0.2) is 0 Å². The smallest absolute Gasteiger partial charge is 0.416 e. The van der Waals surface area contributed by atoms with Gasteiger partial charge < -0.3 is 14.2 Å². The molecule has 0 bridgehead atoms. The van der Waals surface area contributed by atoms with Crippen LogP contribution in [0.15, 0.2) is 180 Å². The number of rotatable bonds is 12. The summed E-state index contributed by atoms with van der Waals surface area (Å²) < 4.78 is 66.4. The summed E-state index contributed by atoms with van der Waals surface area (Å²) in [6.07, 6.45) is -1.03. The molecule has 89 heavy (non-hydrogen) atoms. The summed E-state index contributed by atoms with van der Waals surface area (Å²) in [7, 11) is 1.71. The predicted molar refractivity (Wildman–Crippen MR) is 382 cm³/mol. The molecular weight excluding hydrogens is 1150 g/mol. The number of ether oxygens (including phenoxy) is 3. The van der Waals surface area contributed by atoms with Gasteiger partial charge in [-0.05, 0) is 172 Å². The summed E-state index contributed by atoms with van der Waals surface area (Å²) in [6, 6.07) is 54.7. The first-order valence-electron chi connectivity index (χ1n) is 31.3. The number of hydrogen-bond acceptors (Lipinski definition) is 5. The zero-order valence-electron chi connectivity index (χ0n) is 57.0. The third-order valence-corrected chi connectivity index (χ3v) is 16.5. The van der Waals surface area contributed by atoms with Crippen molar-refractivity contribution >= 4 is 23.1 Å². The third kappa shape index (κ3) is 28.6. The Morgan fingerprint density at radius 3 is 1.28 bits per heavy atom. The first-order chi connectivity index (χ1) is 41.6. The fourth-order valence-corrected chi connectivity index (χ4v) is 11.3. The normalized spacial score (nSPS) is 11.1. The third-order valence-electron chi connectivity index (χ3n) is 14.4. The van der Waals surface area contributed by atoms with Crippen LogP contribution in [-0.2, 0) is 12.6 Å². The molecule has 0 radical (unpaired) electrons. The van der Waals surface area contributed by atoms with Crippen LogP contribution in [0.4, 0.5) is 17.6 Å². The Morgan fingerprint density at radius 1 is 0.472 bits per heavy atom. The molecular formula is C80H110F4O3S2. The van der Waals surface area contributed by atoms with Crippen molar-refractivity contribution in [1.29, 1.82) is 0 Å². The molecule has 0 atom stereocenters. The standard InChI is InChI=1S/C11H14O.C11H16O.C10H11F3.C10H14O.C10H14S.C10H14.C9H11F.C8H12S.CH4/c1-8(2)10-5-3-4-9-6-7-12-11(9)10;1-4-12-11-8-6-5-7-10(11)9(2)3;1-7(2)8-5-3-4-6-9(8)10(11,12)13;2*1-8(2)9-6-4-5-7-10(9)11-3;1-8(2)10-7-5-4-6-9(10)3;1-7(2)8-5-3-4-6-9(8)10;1-6(2)8-7(3)4-5-9-8;/h3-5,8H,6-7H2,1-2H3;5-9H,4H2,1-3H3;3-7H,1-2H3;2*4-8H,1-3H3;4-8H,1-3H3;3-7H,1-2H3;4-6H,1-3H3;1H4. The van der Waals surface area contributed by atoms with Gasteiger partial charge in [-0.3, -0.25) is 0 Å². The van der Waals surface area contributed by atoms with Gasteiger partial charge in [-0.2, -0.15) is 13.2 Å². The second-order valence-corrected chi connectivity index (χ2v) is 25.9. The molecule has 9 heteroatoms. The van der Waals surface area contributed by atoms with Gasteiger partial charge in [0.1, 0.15) is 23.1 Å². The molecule has 1 aromatic heterocycles. The van der Waals surface area contributed by atoms with Crippen molar-refractivity contribution < 1.29 is 31.8 Å². The van der Waals surface area contributed by atoms with Crippen LogP contribution < -0.4 is 14.2 Å². The van der Waals surface area contributed by atoms with Crippen molar-refractivity contribution in [2.75, 3.05) is 26.6 Å². The van der Waals surface area contributed by atoms with Gasteiger partial charge >= 0.3 is 6.18 Å². The lowest BCUT2D eigenvalue weighted by atomic mass is 9.97. The maximum atomic E-state index is 12.8. The average Bonchev–Trinajstić information content (AvgIpc) is 3.56. The molecule has 8 aromatic rings. The Morgan fingerprint density at radius 2 is 0.899 bits per heavy atom. The van der Waals surface area contributed by atoms with E-state index in [9.17, 15) is 17.6 Å². The van der Waals surface area contributed by atoms with E-state index < -0.39 is 11.7 Å². The van der Waals surface area contributed by atoms with Gasteiger partial charge in [-0.1, -0.05) is 252 Å². The van der Waals surface area contributed by atoms with Gasteiger partial charge in [-0.15, -0.1) is 23.1 Å². The zero-order chi connectivity index (χ0) is 66.1. The Balaban J connectivity index is 0.000000509. The highest BCUT2D eigenvalue weighted by molar-refractivity contribution is 7.98. The van der Waals surface area contributed by atoms with Crippen LogP contribution in [0.5, 0.6) is 17.2 Å². The van der Waals surface area contributed by atoms with Gasteiger partial charge in [-0.25, -0.2) is 4.39 Å². The maximum Gasteiger partial charge on any atom is 0.416 e. The Hall–Kier alpha value is -6.29. The lowest BCUT2D eigenvalue weighted by Crippen LogP contribution is -2.09. The molecule has 1 aliphatic rings. The van der Waals surface area contributed by atoms with E-state index in [0.717, 1.165) is 48.5 Å². The minimum Gasteiger partial charge on any atom is -0.496 e. The van der Waals surface area contributed by atoms with E-state index in [1.165, 1.54) is 72.5 Å². The summed E-state index contributed by atoms with van der Waals surface area (Å²) in [5, 5.41) is 2.16. The van der Waals surface area contributed by atoms with Crippen molar-refractivity contribution in [1.82, 2.24) is 0 Å². The largest absolute Gasteiger partial charge is 0.496 e. The number of alkyl halides is 3. The highest BCUT2D eigenvalue weighted by atomic mass is 32.2. The molecule has 1 aliphatic heterocycles. The molecule has 0 saturated carbocycles. The number of fused-ring (bicyclic) bond motifs is 1. The van der Waals surface area contributed by atoms with Crippen LogP contribution in [0.3, 0.4) is 0 Å². The number of benzene rings is 7. The molecule has 488 valence electrons. The number of aryl methyl sites for hydroxylation is 2. The molecule has 0 spiro atoms. The summed E-state index contributed by atoms with van der Waals surface area (Å²) in [4.78, 5) is 2.93. The lowest BCUT2D eigenvalue weighted by Gasteiger charge is -2.14. The van der Waals surface area contributed by atoms with Gasteiger partial charge in [0, 0.05) is 16.2 Å². The molecule has 0 fully saturated rings. The monoisotopic (exact) mass is 1260 g/mol. The molecule has 0 aliphatic carbocycles. The highest BCUT2D eigenvalue weighted by Crippen LogP contribution is 2.36. The predicted octanol–water partition coefficient (Wildman–Crippen LogP) is 26.0. The Kier molecular flexibility index (Phi) is 38.7. The van der Waals surface area contributed by atoms with Crippen molar-refractivity contribution in [3.05, 3.63) is 247 Å². The van der Waals surface area contributed by atoms with Crippen molar-refractivity contribution in [3.8, 4) is 17.2 Å². The van der Waals surface area contributed by atoms with E-state index in [1.807, 2.05) is 86.3 Å². The summed E-state index contributed by atoms with van der Waals surface area (Å²) in [5.74, 6) is 6.86. The highest BCUT2D eigenvalue weighted by Gasteiger charge is 2.33. The fraction of sp³-hybridized carbons (Fsp3) is 0.425. The molecule has 3 nitrogen and oxygen atoms in total. The number of methoxy groups -OCH3 is 1. The van der Waals surface area contributed by atoms with E-state index in [0.29, 0.717) is 41.1 Å². The fourth-order valence-electron chi connectivity index (χ4n) is 9.64. The second-order valence-electron chi connectivity index (χ2n) is 24.1. The minimum atomic E-state index is -4.24. The number of thioether (sulfide) groups is 1. The maximum absolute atomic E-state index is 12.8. The van der Waals surface area contributed by atoms with Gasteiger partial charge in [0.05, 0.1) is 25.9 Å². The van der Waals surface area contributed by atoms with Crippen LogP contribution in [0.1, 0.15) is 239 Å². The van der Waals surface area contributed by atoms with Gasteiger partial charge in [0.2, 0.25) is 0 Å². The number of hydrogen-bond donors (Lipinski definition) is 0.